The predicted octanol–water partition coefficient (Wildman–Crippen LogP) is -0.646. The van der Waals surface area contributed by atoms with Gasteiger partial charge in [0.05, 0.1) is 11.8 Å². The van der Waals surface area contributed by atoms with Crippen LogP contribution < -0.4 is 11.1 Å². The van der Waals surface area contributed by atoms with Gasteiger partial charge in [-0.1, -0.05) is 0 Å². The van der Waals surface area contributed by atoms with Crippen molar-refractivity contribution in [3.05, 3.63) is 0 Å². The first kappa shape index (κ1) is 10.7. The maximum Gasteiger partial charge on any atom is 0.308 e. The summed E-state index contributed by atoms with van der Waals surface area (Å²) in [6.07, 6.45) is 0.264. The largest absolute Gasteiger partial charge is 0.464 e. The Hall–Kier alpha value is -0.260. The molecule has 0 saturated carbocycles. The van der Waals surface area contributed by atoms with Crippen LogP contribution in [0.5, 0.6) is 0 Å². The molecule has 0 fully saturated rings. The minimum atomic E-state index is -0.273. The lowest BCUT2D eigenvalue weighted by molar-refractivity contribution is -0.143. The normalized spacial score (nSPS) is 12.6. The summed E-state index contributed by atoms with van der Waals surface area (Å²) in [5.74, 6) is -0.273. The van der Waals surface area contributed by atoms with Crippen LogP contribution in [-0.4, -0.2) is 31.5 Å². The first-order chi connectivity index (χ1) is 5.20. The van der Waals surface area contributed by atoms with Crippen LogP contribution in [0.1, 0.15) is 6.42 Å². The van der Waals surface area contributed by atoms with E-state index >= 15 is 0 Å². The van der Waals surface area contributed by atoms with E-state index < -0.39 is 0 Å². The van der Waals surface area contributed by atoms with Gasteiger partial charge in [-0.2, -0.15) is 12.6 Å². The number of esters is 1. The van der Waals surface area contributed by atoms with E-state index in [0.717, 1.165) is 0 Å². The molecule has 0 aromatic heterocycles. The highest BCUT2D eigenvalue weighted by molar-refractivity contribution is 7.80. The second kappa shape index (κ2) is 6.45. The zero-order chi connectivity index (χ0) is 8.69. The van der Waals surface area contributed by atoms with E-state index in [1.807, 2.05) is 0 Å². The topological polar surface area (TPSA) is 64.3 Å². The minimum absolute atomic E-state index is 0.139. The Bertz CT molecular complexity index is 121. The molecule has 0 radical (unpaired) electrons. The van der Waals surface area contributed by atoms with E-state index in [1.54, 1.807) is 7.05 Å². The number of nitrogens with one attached hydrogen (secondary N) is 1. The Morgan fingerprint density at radius 3 is 2.91 bits per heavy atom. The molecule has 3 N–H and O–H groups in total. The average Bonchev–Trinajstić information content (AvgIpc) is 2.00. The first-order valence-electron chi connectivity index (χ1n) is 3.41. The fourth-order valence-electron chi connectivity index (χ4n) is 0.492. The van der Waals surface area contributed by atoms with Crippen molar-refractivity contribution < 1.29 is 9.53 Å². The highest BCUT2D eigenvalue weighted by Crippen LogP contribution is 1.97. The van der Waals surface area contributed by atoms with E-state index in [-0.39, 0.29) is 24.4 Å². The molecule has 11 heavy (non-hydrogen) atoms. The maximum atomic E-state index is 10.8. The van der Waals surface area contributed by atoms with Gasteiger partial charge in [-0.05, 0) is 7.05 Å². The van der Waals surface area contributed by atoms with E-state index in [2.05, 4.69) is 17.9 Å². The van der Waals surface area contributed by atoms with Gasteiger partial charge < -0.3 is 15.8 Å². The van der Waals surface area contributed by atoms with Crippen LogP contribution >= 0.6 is 12.6 Å². The molecule has 0 amide bonds. The number of hydrogen-bond donors (Lipinski definition) is 3. The van der Waals surface area contributed by atoms with E-state index in [4.69, 9.17) is 10.5 Å². The lowest BCUT2D eigenvalue weighted by Crippen LogP contribution is -2.24. The number of carbonyl (C=O) groups excluding carboxylic acids is 1. The van der Waals surface area contributed by atoms with Crippen molar-refractivity contribution in [3.63, 3.8) is 0 Å². The summed E-state index contributed by atoms with van der Waals surface area (Å²) in [6.45, 7) is 0.644. The molecule has 1 atom stereocenters. The van der Waals surface area contributed by atoms with Crippen LogP contribution in [0, 0.1) is 0 Å². The van der Waals surface area contributed by atoms with Crippen molar-refractivity contribution in [3.8, 4) is 0 Å². The Labute approximate surface area is 71.9 Å². The molecule has 0 bridgehead atoms. The minimum Gasteiger partial charge on any atom is -0.464 e. The Balaban J connectivity index is 3.36. The fourth-order valence-corrected chi connectivity index (χ4v) is 0.641. The number of thiol groups is 1. The van der Waals surface area contributed by atoms with Crippen molar-refractivity contribution >= 4 is 18.6 Å². The van der Waals surface area contributed by atoms with E-state index in [9.17, 15) is 4.79 Å². The molecule has 0 rings (SSSR count). The van der Waals surface area contributed by atoms with Crippen LogP contribution in [0.2, 0.25) is 0 Å². The van der Waals surface area contributed by atoms with Gasteiger partial charge in [0.1, 0.15) is 6.61 Å². The molecule has 0 aromatic rings. The zero-order valence-electron chi connectivity index (χ0n) is 6.54. The van der Waals surface area contributed by atoms with Gasteiger partial charge in [-0.25, -0.2) is 0 Å². The lowest BCUT2D eigenvalue weighted by Gasteiger charge is -2.07. The first-order valence-corrected chi connectivity index (χ1v) is 3.93. The second-order valence-electron chi connectivity index (χ2n) is 2.02. The highest BCUT2D eigenvalue weighted by Gasteiger charge is 2.07. The molecular weight excluding hydrogens is 164 g/mol. The highest BCUT2D eigenvalue weighted by atomic mass is 32.1. The van der Waals surface area contributed by atoms with Gasteiger partial charge in [0.25, 0.3) is 0 Å². The summed E-state index contributed by atoms with van der Waals surface area (Å²) in [5, 5.41) is 2.67. The maximum absolute atomic E-state index is 10.8. The third-order valence-electron chi connectivity index (χ3n) is 1.07. The molecule has 0 aliphatic heterocycles. The van der Waals surface area contributed by atoms with Crippen molar-refractivity contribution in [1.82, 2.24) is 5.32 Å². The zero-order valence-corrected chi connectivity index (χ0v) is 7.43. The molecule has 5 heteroatoms. The van der Waals surface area contributed by atoms with Crippen molar-refractivity contribution in [2.75, 3.05) is 20.2 Å². The molecule has 0 heterocycles. The van der Waals surface area contributed by atoms with Crippen LogP contribution in [0.3, 0.4) is 0 Å². The summed E-state index contributed by atoms with van der Waals surface area (Å²) >= 11 is 4.05. The van der Waals surface area contributed by atoms with Gasteiger partial charge in [-0.3, -0.25) is 4.79 Å². The molecule has 66 valence electrons. The molecule has 0 aliphatic carbocycles. The monoisotopic (exact) mass is 178 g/mol. The van der Waals surface area contributed by atoms with Crippen molar-refractivity contribution in [2.45, 2.75) is 11.8 Å². The van der Waals surface area contributed by atoms with Crippen LogP contribution in [-0.2, 0) is 9.53 Å². The molecule has 0 aromatic carbocycles. The summed E-state index contributed by atoms with van der Waals surface area (Å²) in [6, 6.07) is 0. The lowest BCUT2D eigenvalue weighted by atomic mass is 10.4. The number of ether oxygens (including phenoxy) is 1. The summed E-state index contributed by atoms with van der Waals surface area (Å²) in [4.78, 5) is 10.8. The smallest absolute Gasteiger partial charge is 0.308 e. The molecule has 1 unspecified atom stereocenters. The third-order valence-corrected chi connectivity index (χ3v) is 1.51. The number of nitrogens with two attached hydrogens (primary N) is 1. The van der Waals surface area contributed by atoms with E-state index in [0.29, 0.717) is 6.54 Å². The van der Waals surface area contributed by atoms with Gasteiger partial charge in [-0.15, -0.1) is 0 Å². The third kappa shape index (κ3) is 6.15. The molecule has 4 nitrogen and oxygen atoms in total. The molecular formula is C6H14N2O2S. The number of carbonyl (C=O) groups is 1. The number of hydrogen-bond acceptors (Lipinski definition) is 5. The van der Waals surface area contributed by atoms with Crippen LogP contribution in [0.15, 0.2) is 0 Å². The standard InChI is InChI=1S/C6H14N2O2S/c1-8-5(11)4-6(9)10-3-2-7/h5,8,11H,2-4,7H2,1H3. The SMILES string of the molecule is CNC(S)CC(=O)OCCN. The van der Waals surface area contributed by atoms with Crippen LogP contribution in [0.4, 0.5) is 0 Å². The Morgan fingerprint density at radius 2 is 2.45 bits per heavy atom. The number of rotatable bonds is 5. The van der Waals surface area contributed by atoms with Crippen molar-refractivity contribution in [2.24, 2.45) is 5.73 Å². The summed E-state index contributed by atoms with van der Waals surface area (Å²) < 4.78 is 4.71. The predicted molar refractivity (Wildman–Crippen MR) is 46.5 cm³/mol. The van der Waals surface area contributed by atoms with Crippen LogP contribution in [0.25, 0.3) is 0 Å². The molecule has 0 saturated heterocycles. The van der Waals surface area contributed by atoms with Gasteiger partial charge >= 0.3 is 5.97 Å². The fraction of sp³-hybridized carbons (Fsp3) is 0.833. The molecule has 0 spiro atoms. The summed E-state index contributed by atoms with van der Waals surface area (Å²) in [5.41, 5.74) is 5.13. The van der Waals surface area contributed by atoms with Gasteiger partial charge in [0.2, 0.25) is 0 Å². The van der Waals surface area contributed by atoms with Gasteiger partial charge in [0, 0.05) is 6.54 Å². The molecule has 0 aliphatic rings. The van der Waals surface area contributed by atoms with Crippen molar-refractivity contribution in [1.29, 1.82) is 0 Å². The average molecular weight is 178 g/mol. The second-order valence-corrected chi connectivity index (χ2v) is 2.64. The van der Waals surface area contributed by atoms with Gasteiger partial charge in [0.15, 0.2) is 0 Å². The quantitative estimate of drug-likeness (QED) is 0.297. The summed E-state index contributed by atoms with van der Waals surface area (Å²) in [7, 11) is 1.73. The van der Waals surface area contributed by atoms with E-state index in [1.165, 1.54) is 0 Å². The Morgan fingerprint density at radius 1 is 1.82 bits per heavy atom. The Kier molecular flexibility index (Phi) is 6.30.